The fourth-order valence-corrected chi connectivity index (χ4v) is 2.91. The van der Waals surface area contributed by atoms with Gasteiger partial charge in [0.05, 0.1) is 6.10 Å². The van der Waals surface area contributed by atoms with E-state index in [2.05, 4.69) is 10.6 Å². The molecule has 0 bridgehead atoms. The number of amides is 2. The van der Waals surface area contributed by atoms with Crippen LogP contribution in [0.15, 0.2) is 48.5 Å². The van der Waals surface area contributed by atoms with Crippen molar-refractivity contribution in [2.24, 2.45) is 0 Å². The predicted molar refractivity (Wildman–Crippen MR) is 103 cm³/mol. The summed E-state index contributed by atoms with van der Waals surface area (Å²) in [4.78, 5) is 23.4. The average Bonchev–Trinajstić information content (AvgIpc) is 3.18. The van der Waals surface area contributed by atoms with Crippen molar-refractivity contribution >= 4 is 17.5 Å². The summed E-state index contributed by atoms with van der Waals surface area (Å²) >= 11 is 0. The summed E-state index contributed by atoms with van der Waals surface area (Å²) in [5, 5.41) is 5.61. The number of carbonyl (C=O) groups is 2. The van der Waals surface area contributed by atoms with E-state index in [1.807, 2.05) is 24.3 Å². The second-order valence-electron chi connectivity index (χ2n) is 6.53. The van der Waals surface area contributed by atoms with Crippen LogP contribution in [0.1, 0.15) is 35.7 Å². The molecule has 0 aromatic heterocycles. The Bertz CT molecular complexity index is 783. The third-order valence-electron chi connectivity index (χ3n) is 4.28. The molecule has 0 radical (unpaired) electrons. The molecule has 0 aliphatic carbocycles. The summed E-state index contributed by atoms with van der Waals surface area (Å²) < 4.78 is 11.2. The highest BCUT2D eigenvalue weighted by molar-refractivity contribution is 5.94. The van der Waals surface area contributed by atoms with Gasteiger partial charge < -0.3 is 20.1 Å². The third kappa shape index (κ3) is 5.82. The van der Waals surface area contributed by atoms with Crippen LogP contribution >= 0.6 is 0 Å². The lowest BCUT2D eigenvalue weighted by Gasteiger charge is -2.12. The van der Waals surface area contributed by atoms with Gasteiger partial charge in [0.15, 0.2) is 0 Å². The molecule has 2 aromatic carbocycles. The number of benzene rings is 2. The van der Waals surface area contributed by atoms with E-state index in [1.54, 1.807) is 24.3 Å². The predicted octanol–water partition coefficient (Wildman–Crippen LogP) is 3.13. The number of rotatable bonds is 7. The van der Waals surface area contributed by atoms with Gasteiger partial charge in [0, 0.05) is 31.3 Å². The number of ether oxygens (including phenoxy) is 2. The van der Waals surface area contributed by atoms with E-state index >= 15 is 0 Å². The Kier molecular flexibility index (Phi) is 6.44. The topological polar surface area (TPSA) is 76.7 Å². The lowest BCUT2D eigenvalue weighted by Crippen LogP contribution is -2.22. The first kappa shape index (κ1) is 18.9. The standard InChI is InChI=1S/C21H24N2O4/c1-15(24)23-18-5-2-4-16(12-18)13-22-21(25)17-7-9-19(10-8-17)27-14-20-6-3-11-26-20/h2,4-5,7-10,12,20H,3,6,11,13-14H2,1H3,(H,22,25)(H,23,24). The van der Waals surface area contributed by atoms with Gasteiger partial charge in [-0.25, -0.2) is 0 Å². The number of nitrogens with one attached hydrogen (secondary N) is 2. The van der Waals surface area contributed by atoms with Gasteiger partial charge in [-0.05, 0) is 54.8 Å². The zero-order valence-electron chi connectivity index (χ0n) is 15.4. The Hall–Kier alpha value is -2.86. The summed E-state index contributed by atoms with van der Waals surface area (Å²) in [5.41, 5.74) is 2.19. The van der Waals surface area contributed by atoms with E-state index in [9.17, 15) is 9.59 Å². The van der Waals surface area contributed by atoms with Crippen molar-refractivity contribution in [1.82, 2.24) is 5.32 Å². The van der Waals surface area contributed by atoms with Crippen LogP contribution in [0.2, 0.25) is 0 Å². The SMILES string of the molecule is CC(=O)Nc1cccc(CNC(=O)c2ccc(OCC3CCCO3)cc2)c1. The molecule has 6 heteroatoms. The fraction of sp³-hybridized carbons (Fsp3) is 0.333. The Morgan fingerprint density at radius 1 is 1.19 bits per heavy atom. The third-order valence-corrected chi connectivity index (χ3v) is 4.28. The number of hydrogen-bond acceptors (Lipinski definition) is 4. The zero-order valence-corrected chi connectivity index (χ0v) is 15.4. The van der Waals surface area contributed by atoms with Gasteiger partial charge in [0.25, 0.3) is 5.91 Å². The van der Waals surface area contributed by atoms with E-state index in [-0.39, 0.29) is 17.9 Å². The summed E-state index contributed by atoms with van der Waals surface area (Å²) in [7, 11) is 0. The molecule has 3 rings (SSSR count). The molecule has 0 spiro atoms. The maximum Gasteiger partial charge on any atom is 0.251 e. The normalized spacial score (nSPS) is 16.0. The number of hydrogen-bond donors (Lipinski definition) is 2. The van der Waals surface area contributed by atoms with Crippen molar-refractivity contribution in [2.75, 3.05) is 18.5 Å². The molecular formula is C21H24N2O4. The van der Waals surface area contributed by atoms with Crippen LogP contribution in [0.25, 0.3) is 0 Å². The Morgan fingerprint density at radius 3 is 2.70 bits per heavy atom. The molecule has 2 N–H and O–H groups in total. The molecule has 2 amide bonds. The van der Waals surface area contributed by atoms with Gasteiger partial charge in [-0.15, -0.1) is 0 Å². The van der Waals surface area contributed by atoms with Crippen molar-refractivity contribution in [3.63, 3.8) is 0 Å². The molecule has 142 valence electrons. The van der Waals surface area contributed by atoms with Crippen molar-refractivity contribution in [1.29, 1.82) is 0 Å². The van der Waals surface area contributed by atoms with Crippen LogP contribution < -0.4 is 15.4 Å². The summed E-state index contributed by atoms with van der Waals surface area (Å²) in [6.45, 7) is 3.18. The van der Waals surface area contributed by atoms with Gasteiger partial charge in [-0.2, -0.15) is 0 Å². The first-order chi connectivity index (χ1) is 13.1. The highest BCUT2D eigenvalue weighted by atomic mass is 16.5. The maximum atomic E-state index is 12.3. The molecule has 1 unspecified atom stereocenters. The van der Waals surface area contributed by atoms with E-state index < -0.39 is 0 Å². The molecule has 0 saturated carbocycles. The first-order valence-electron chi connectivity index (χ1n) is 9.09. The molecular weight excluding hydrogens is 344 g/mol. The van der Waals surface area contributed by atoms with Gasteiger partial charge in [-0.3, -0.25) is 9.59 Å². The van der Waals surface area contributed by atoms with Gasteiger partial charge >= 0.3 is 0 Å². The summed E-state index contributed by atoms with van der Waals surface area (Å²) in [5.74, 6) is 0.439. The lowest BCUT2D eigenvalue weighted by atomic mass is 10.1. The van der Waals surface area contributed by atoms with Crippen molar-refractivity contribution in [3.8, 4) is 5.75 Å². The van der Waals surface area contributed by atoms with Crippen molar-refractivity contribution in [3.05, 3.63) is 59.7 Å². The number of carbonyl (C=O) groups excluding carboxylic acids is 2. The summed E-state index contributed by atoms with van der Waals surface area (Å²) in [6, 6.07) is 14.5. The van der Waals surface area contributed by atoms with E-state index in [1.165, 1.54) is 6.92 Å². The quantitative estimate of drug-likeness (QED) is 0.787. The Morgan fingerprint density at radius 2 is 2.00 bits per heavy atom. The van der Waals surface area contributed by atoms with Crippen LogP contribution in [0.4, 0.5) is 5.69 Å². The van der Waals surface area contributed by atoms with Crippen molar-refractivity contribution in [2.45, 2.75) is 32.4 Å². The molecule has 1 fully saturated rings. The monoisotopic (exact) mass is 368 g/mol. The van der Waals surface area contributed by atoms with Crippen LogP contribution in [0.3, 0.4) is 0 Å². The van der Waals surface area contributed by atoms with Crippen LogP contribution in [-0.2, 0) is 16.1 Å². The van der Waals surface area contributed by atoms with Gasteiger partial charge in [-0.1, -0.05) is 12.1 Å². The molecule has 1 heterocycles. The van der Waals surface area contributed by atoms with Crippen LogP contribution in [-0.4, -0.2) is 31.1 Å². The maximum absolute atomic E-state index is 12.3. The molecule has 1 aliphatic rings. The Labute approximate surface area is 158 Å². The largest absolute Gasteiger partial charge is 0.491 e. The minimum absolute atomic E-state index is 0.127. The summed E-state index contributed by atoms with van der Waals surface area (Å²) in [6.07, 6.45) is 2.28. The highest BCUT2D eigenvalue weighted by Gasteiger charge is 2.16. The van der Waals surface area contributed by atoms with E-state index in [0.717, 1.165) is 30.8 Å². The fourth-order valence-electron chi connectivity index (χ4n) is 2.91. The molecule has 1 atom stereocenters. The lowest BCUT2D eigenvalue weighted by molar-refractivity contribution is -0.114. The molecule has 1 saturated heterocycles. The second kappa shape index (κ2) is 9.19. The zero-order chi connectivity index (χ0) is 19.1. The smallest absolute Gasteiger partial charge is 0.251 e. The average molecular weight is 368 g/mol. The van der Waals surface area contributed by atoms with Crippen LogP contribution in [0.5, 0.6) is 5.75 Å². The molecule has 1 aliphatic heterocycles. The molecule has 6 nitrogen and oxygen atoms in total. The van der Waals surface area contributed by atoms with Gasteiger partial charge in [0.1, 0.15) is 12.4 Å². The minimum atomic E-state index is -0.161. The second-order valence-corrected chi connectivity index (χ2v) is 6.53. The van der Waals surface area contributed by atoms with Crippen molar-refractivity contribution < 1.29 is 19.1 Å². The minimum Gasteiger partial charge on any atom is -0.491 e. The highest BCUT2D eigenvalue weighted by Crippen LogP contribution is 2.17. The molecule has 2 aromatic rings. The Balaban J connectivity index is 1.49. The van der Waals surface area contributed by atoms with Crippen LogP contribution in [0, 0.1) is 0 Å². The van der Waals surface area contributed by atoms with E-state index in [4.69, 9.17) is 9.47 Å². The molecule has 27 heavy (non-hydrogen) atoms. The van der Waals surface area contributed by atoms with E-state index in [0.29, 0.717) is 24.4 Å². The number of anilines is 1. The first-order valence-corrected chi connectivity index (χ1v) is 9.09. The van der Waals surface area contributed by atoms with Gasteiger partial charge in [0.2, 0.25) is 5.91 Å².